The molecule has 0 aliphatic carbocycles. The van der Waals surface area contributed by atoms with Crippen molar-refractivity contribution in [1.82, 2.24) is 14.9 Å². The summed E-state index contributed by atoms with van der Waals surface area (Å²) in [5.41, 5.74) is -0.991. The molecule has 130 valence electrons. The zero-order valence-electron chi connectivity index (χ0n) is 14.5. The van der Waals surface area contributed by atoms with Gasteiger partial charge in [-0.25, -0.2) is 19.1 Å². The van der Waals surface area contributed by atoms with E-state index in [1.54, 1.807) is 41.5 Å². The lowest BCUT2D eigenvalue weighted by atomic mass is 10.2. The molecule has 8 nitrogen and oxygen atoms in total. The summed E-state index contributed by atoms with van der Waals surface area (Å²) in [5, 5.41) is 11.7. The molecule has 0 spiro atoms. The molecule has 0 aliphatic heterocycles. The smallest absolute Gasteiger partial charge is 0.420 e. The summed E-state index contributed by atoms with van der Waals surface area (Å²) >= 11 is 0. The van der Waals surface area contributed by atoms with E-state index < -0.39 is 23.4 Å². The zero-order valence-corrected chi connectivity index (χ0v) is 14.5. The summed E-state index contributed by atoms with van der Waals surface area (Å²) in [6, 6.07) is 0. The molecule has 1 aromatic rings. The van der Waals surface area contributed by atoms with Crippen LogP contribution in [0.4, 0.5) is 9.59 Å². The van der Waals surface area contributed by atoms with Gasteiger partial charge in [0.25, 0.3) is 0 Å². The van der Waals surface area contributed by atoms with Crippen LogP contribution < -0.4 is 5.32 Å². The fraction of sp³-hybridized carbons (Fsp3) is 0.667. The highest BCUT2D eigenvalue weighted by Gasteiger charge is 2.22. The molecule has 0 saturated carbocycles. The van der Waals surface area contributed by atoms with Gasteiger partial charge in [-0.3, -0.25) is 0 Å². The minimum absolute atomic E-state index is 0.0336. The average Bonchev–Trinajstić information content (AvgIpc) is 2.75. The van der Waals surface area contributed by atoms with Crippen molar-refractivity contribution in [3.05, 3.63) is 17.7 Å². The molecule has 1 aromatic heterocycles. The standard InChI is InChI=1S/C15H25N3O5/c1-14(2,3)22-12(20)16-7-11-17-10(9-19)8-18(11)13(21)23-15(4,5)6/h8,19H,7,9H2,1-6H3,(H,16,20). The van der Waals surface area contributed by atoms with Crippen LogP contribution in [-0.2, 0) is 22.6 Å². The van der Waals surface area contributed by atoms with Crippen molar-refractivity contribution >= 4 is 12.2 Å². The summed E-state index contributed by atoms with van der Waals surface area (Å²) in [4.78, 5) is 27.9. The molecule has 0 bridgehead atoms. The van der Waals surface area contributed by atoms with Gasteiger partial charge in [-0.15, -0.1) is 0 Å². The summed E-state index contributed by atoms with van der Waals surface area (Å²) in [6.07, 6.45) is 0.118. The molecule has 0 unspecified atom stereocenters. The second-order valence-corrected chi connectivity index (χ2v) is 7.01. The van der Waals surface area contributed by atoms with Gasteiger partial charge in [0, 0.05) is 6.20 Å². The minimum atomic E-state index is -0.670. The van der Waals surface area contributed by atoms with Crippen molar-refractivity contribution < 1.29 is 24.2 Å². The van der Waals surface area contributed by atoms with Crippen molar-refractivity contribution in [2.45, 2.75) is 65.9 Å². The first kappa shape index (κ1) is 19.0. The van der Waals surface area contributed by atoms with E-state index in [4.69, 9.17) is 9.47 Å². The van der Waals surface area contributed by atoms with E-state index in [2.05, 4.69) is 10.3 Å². The Morgan fingerprint density at radius 1 is 1.17 bits per heavy atom. The number of rotatable bonds is 3. The quantitative estimate of drug-likeness (QED) is 0.882. The van der Waals surface area contributed by atoms with Crippen LogP contribution in [0, 0.1) is 0 Å². The molecule has 1 rings (SSSR count). The van der Waals surface area contributed by atoms with E-state index in [1.165, 1.54) is 6.20 Å². The topological polar surface area (TPSA) is 103 Å². The van der Waals surface area contributed by atoms with Crippen LogP contribution in [0.15, 0.2) is 6.20 Å². The zero-order chi connectivity index (χ0) is 17.8. The number of amides is 1. The highest BCUT2D eigenvalue weighted by Crippen LogP contribution is 2.12. The van der Waals surface area contributed by atoms with Crippen molar-refractivity contribution in [2.24, 2.45) is 0 Å². The van der Waals surface area contributed by atoms with E-state index in [1.807, 2.05) is 0 Å². The third kappa shape index (κ3) is 6.68. The van der Waals surface area contributed by atoms with Crippen LogP contribution in [0.1, 0.15) is 53.1 Å². The molecule has 0 radical (unpaired) electrons. The number of alkyl carbamates (subject to hydrolysis) is 1. The van der Waals surface area contributed by atoms with Gasteiger partial charge in [0.1, 0.15) is 17.0 Å². The van der Waals surface area contributed by atoms with Crippen molar-refractivity contribution in [3.8, 4) is 0 Å². The Morgan fingerprint density at radius 2 is 1.74 bits per heavy atom. The number of hydrogen-bond acceptors (Lipinski definition) is 6. The number of aromatic nitrogens is 2. The molecule has 0 fully saturated rings. The Balaban J connectivity index is 2.84. The SMILES string of the molecule is CC(C)(C)OC(=O)NCc1nc(CO)cn1C(=O)OC(C)(C)C. The Morgan fingerprint density at radius 3 is 2.22 bits per heavy atom. The van der Waals surface area contributed by atoms with E-state index in [0.717, 1.165) is 4.57 Å². The Bertz CT molecular complexity index is 567. The van der Waals surface area contributed by atoms with Gasteiger partial charge < -0.3 is 19.9 Å². The van der Waals surface area contributed by atoms with Gasteiger partial charge in [-0.1, -0.05) is 0 Å². The van der Waals surface area contributed by atoms with Gasteiger partial charge in [-0.2, -0.15) is 0 Å². The van der Waals surface area contributed by atoms with Crippen molar-refractivity contribution in [1.29, 1.82) is 0 Å². The highest BCUT2D eigenvalue weighted by atomic mass is 16.6. The molecule has 0 aromatic carbocycles. The molecular formula is C15H25N3O5. The summed E-state index contributed by atoms with van der Waals surface area (Å²) < 4.78 is 11.5. The molecule has 1 heterocycles. The third-order valence-electron chi connectivity index (χ3n) is 2.37. The maximum Gasteiger partial charge on any atom is 0.420 e. The Labute approximate surface area is 135 Å². The van der Waals surface area contributed by atoms with Crippen LogP contribution in [0.3, 0.4) is 0 Å². The fourth-order valence-corrected chi connectivity index (χ4v) is 1.61. The maximum absolute atomic E-state index is 12.2. The summed E-state index contributed by atoms with van der Waals surface area (Å²) in [7, 11) is 0. The Kier molecular flexibility index (Phi) is 5.76. The van der Waals surface area contributed by atoms with E-state index in [9.17, 15) is 14.7 Å². The first-order valence-corrected chi connectivity index (χ1v) is 7.29. The fourth-order valence-electron chi connectivity index (χ4n) is 1.61. The third-order valence-corrected chi connectivity index (χ3v) is 2.37. The molecule has 0 atom stereocenters. The largest absolute Gasteiger partial charge is 0.444 e. The number of ether oxygens (including phenoxy) is 2. The van der Waals surface area contributed by atoms with Gasteiger partial charge in [0.05, 0.1) is 18.8 Å². The van der Waals surface area contributed by atoms with Crippen LogP contribution in [0.5, 0.6) is 0 Å². The predicted molar refractivity (Wildman–Crippen MR) is 82.9 cm³/mol. The number of nitrogens with zero attached hydrogens (tertiary/aromatic N) is 2. The number of hydrogen-bond donors (Lipinski definition) is 2. The van der Waals surface area contributed by atoms with Crippen LogP contribution >= 0.6 is 0 Å². The molecule has 23 heavy (non-hydrogen) atoms. The normalized spacial score (nSPS) is 12.0. The molecule has 1 amide bonds. The van der Waals surface area contributed by atoms with Crippen LogP contribution in [-0.4, -0.2) is 38.0 Å². The molecule has 2 N–H and O–H groups in total. The van der Waals surface area contributed by atoms with E-state index in [0.29, 0.717) is 5.69 Å². The van der Waals surface area contributed by atoms with Crippen molar-refractivity contribution in [3.63, 3.8) is 0 Å². The molecule has 0 aliphatic rings. The number of aliphatic hydroxyl groups is 1. The molecule has 8 heteroatoms. The second-order valence-electron chi connectivity index (χ2n) is 7.01. The number of carbonyl (C=O) groups is 2. The second kappa shape index (κ2) is 6.99. The first-order valence-electron chi connectivity index (χ1n) is 7.29. The van der Waals surface area contributed by atoms with Gasteiger partial charge in [0.15, 0.2) is 0 Å². The number of imidazole rings is 1. The van der Waals surface area contributed by atoms with Gasteiger partial charge in [-0.05, 0) is 41.5 Å². The monoisotopic (exact) mass is 327 g/mol. The lowest BCUT2D eigenvalue weighted by Crippen LogP contribution is -2.34. The lowest BCUT2D eigenvalue weighted by molar-refractivity contribution is 0.0493. The average molecular weight is 327 g/mol. The van der Waals surface area contributed by atoms with Crippen molar-refractivity contribution in [2.75, 3.05) is 0 Å². The summed E-state index contributed by atoms with van der Waals surface area (Å²) in [5.74, 6) is 0.245. The van der Waals surface area contributed by atoms with E-state index >= 15 is 0 Å². The Hall–Kier alpha value is -2.09. The van der Waals surface area contributed by atoms with Crippen LogP contribution in [0.25, 0.3) is 0 Å². The van der Waals surface area contributed by atoms with Crippen LogP contribution in [0.2, 0.25) is 0 Å². The lowest BCUT2D eigenvalue weighted by Gasteiger charge is -2.21. The number of carbonyl (C=O) groups excluding carboxylic acids is 2. The number of nitrogens with one attached hydrogen (secondary N) is 1. The first-order chi connectivity index (χ1) is 10.4. The van der Waals surface area contributed by atoms with Gasteiger partial charge in [0.2, 0.25) is 0 Å². The molecular weight excluding hydrogens is 302 g/mol. The predicted octanol–water partition coefficient (Wildman–Crippen LogP) is 2.18. The summed E-state index contributed by atoms with van der Waals surface area (Å²) in [6.45, 7) is 10.1. The van der Waals surface area contributed by atoms with E-state index in [-0.39, 0.29) is 19.0 Å². The molecule has 0 saturated heterocycles. The van der Waals surface area contributed by atoms with Gasteiger partial charge >= 0.3 is 12.2 Å². The number of aliphatic hydroxyl groups excluding tert-OH is 1. The highest BCUT2D eigenvalue weighted by molar-refractivity contribution is 5.72. The minimum Gasteiger partial charge on any atom is -0.444 e. The maximum atomic E-state index is 12.2.